The molecule has 3 heteroatoms. The highest BCUT2D eigenvalue weighted by molar-refractivity contribution is 6.10. The average Bonchev–Trinajstić information content (AvgIpc) is 3.31. The lowest BCUT2D eigenvalue weighted by atomic mass is 9.90. The van der Waals surface area contributed by atoms with Crippen LogP contribution in [0, 0.1) is 6.92 Å². The Hall–Kier alpha value is -3.98. The Morgan fingerprint density at radius 3 is 2.44 bits per heavy atom. The minimum absolute atomic E-state index is 0.0529. The van der Waals surface area contributed by atoms with Crippen molar-refractivity contribution in [1.29, 1.82) is 0 Å². The summed E-state index contributed by atoms with van der Waals surface area (Å²) in [7, 11) is 0. The largest absolute Gasteiger partial charge is 0.462 e. The second-order valence-electron chi connectivity index (χ2n) is 10.1. The Labute approximate surface area is 199 Å². The molecule has 0 atom stereocenters. The van der Waals surface area contributed by atoms with Gasteiger partial charge in [-0.2, -0.15) is 0 Å². The molecule has 0 bridgehead atoms. The summed E-state index contributed by atoms with van der Waals surface area (Å²) in [6.45, 7) is 8.68. The predicted octanol–water partition coefficient (Wildman–Crippen LogP) is 8.47. The van der Waals surface area contributed by atoms with E-state index >= 15 is 0 Å². The van der Waals surface area contributed by atoms with Crippen LogP contribution in [0.2, 0.25) is 0 Å². The predicted molar refractivity (Wildman–Crippen MR) is 141 cm³/mol. The summed E-state index contributed by atoms with van der Waals surface area (Å²) in [6, 6.07) is 25.9. The van der Waals surface area contributed by atoms with Crippen LogP contribution in [0.5, 0.6) is 0 Å². The molecular formula is C31H26N2O. The van der Waals surface area contributed by atoms with Crippen molar-refractivity contribution in [3.8, 4) is 22.4 Å². The van der Waals surface area contributed by atoms with Gasteiger partial charge in [0, 0.05) is 39.2 Å². The molecule has 166 valence electrons. The summed E-state index contributed by atoms with van der Waals surface area (Å²) in [4.78, 5) is 9.94. The SMILES string of the molecule is Cc1ccc2cc(-c3cccnc3-c3cc4ccoc4c4nc(C(C)(C)C)ccc34)ccc2c1. The van der Waals surface area contributed by atoms with Crippen LogP contribution in [0.25, 0.3) is 55.0 Å². The topological polar surface area (TPSA) is 38.9 Å². The Morgan fingerprint density at radius 2 is 1.59 bits per heavy atom. The summed E-state index contributed by atoms with van der Waals surface area (Å²) in [5, 5.41) is 4.56. The molecule has 3 heterocycles. The normalized spacial score (nSPS) is 12.1. The van der Waals surface area contributed by atoms with E-state index in [0.717, 1.165) is 50.0 Å². The van der Waals surface area contributed by atoms with E-state index in [2.05, 4.69) is 88.4 Å². The van der Waals surface area contributed by atoms with Gasteiger partial charge in [-0.3, -0.25) is 4.98 Å². The fourth-order valence-corrected chi connectivity index (χ4v) is 4.71. The van der Waals surface area contributed by atoms with Crippen LogP contribution >= 0.6 is 0 Å². The number of furan rings is 1. The van der Waals surface area contributed by atoms with Crippen LogP contribution in [-0.2, 0) is 5.41 Å². The summed E-state index contributed by atoms with van der Waals surface area (Å²) in [6.07, 6.45) is 3.61. The molecule has 0 fully saturated rings. The van der Waals surface area contributed by atoms with Crippen molar-refractivity contribution in [2.45, 2.75) is 33.1 Å². The Bertz CT molecular complexity index is 1700. The first-order valence-electron chi connectivity index (χ1n) is 11.7. The number of rotatable bonds is 2. The maximum Gasteiger partial charge on any atom is 0.160 e. The smallest absolute Gasteiger partial charge is 0.160 e. The summed E-state index contributed by atoms with van der Waals surface area (Å²) >= 11 is 0. The number of pyridine rings is 2. The lowest BCUT2D eigenvalue weighted by molar-refractivity contribution is 0.570. The van der Waals surface area contributed by atoms with Gasteiger partial charge in [-0.25, -0.2) is 4.98 Å². The average molecular weight is 443 g/mol. The van der Waals surface area contributed by atoms with Gasteiger partial charge in [-0.05, 0) is 53.6 Å². The van der Waals surface area contributed by atoms with Crippen molar-refractivity contribution >= 4 is 32.6 Å². The molecule has 3 nitrogen and oxygen atoms in total. The molecular weight excluding hydrogens is 416 g/mol. The molecule has 0 unspecified atom stereocenters. The van der Waals surface area contributed by atoms with Gasteiger partial charge in [0.1, 0.15) is 5.52 Å². The molecule has 0 amide bonds. The van der Waals surface area contributed by atoms with Crippen molar-refractivity contribution < 1.29 is 4.42 Å². The van der Waals surface area contributed by atoms with Crippen molar-refractivity contribution in [2.24, 2.45) is 0 Å². The number of fused-ring (bicyclic) bond motifs is 4. The highest BCUT2D eigenvalue weighted by Crippen LogP contribution is 2.39. The minimum atomic E-state index is -0.0529. The monoisotopic (exact) mass is 442 g/mol. The zero-order valence-corrected chi connectivity index (χ0v) is 19.9. The number of benzene rings is 3. The van der Waals surface area contributed by atoms with Crippen LogP contribution < -0.4 is 0 Å². The molecule has 3 aromatic heterocycles. The second-order valence-corrected chi connectivity index (χ2v) is 10.1. The van der Waals surface area contributed by atoms with E-state index in [0.29, 0.717) is 0 Å². The number of hydrogen-bond donors (Lipinski definition) is 0. The van der Waals surface area contributed by atoms with E-state index in [9.17, 15) is 0 Å². The van der Waals surface area contributed by atoms with Crippen molar-refractivity contribution in [2.75, 3.05) is 0 Å². The van der Waals surface area contributed by atoms with Crippen LogP contribution in [0.1, 0.15) is 32.0 Å². The van der Waals surface area contributed by atoms with Crippen LogP contribution in [-0.4, -0.2) is 9.97 Å². The van der Waals surface area contributed by atoms with Gasteiger partial charge in [-0.15, -0.1) is 0 Å². The summed E-state index contributed by atoms with van der Waals surface area (Å²) < 4.78 is 5.88. The molecule has 34 heavy (non-hydrogen) atoms. The second kappa shape index (κ2) is 7.53. The molecule has 6 aromatic rings. The van der Waals surface area contributed by atoms with Crippen LogP contribution in [0.3, 0.4) is 0 Å². The van der Waals surface area contributed by atoms with E-state index in [4.69, 9.17) is 14.4 Å². The van der Waals surface area contributed by atoms with Crippen LogP contribution in [0.15, 0.2) is 89.7 Å². The molecule has 0 aliphatic rings. The Balaban J connectivity index is 1.62. The number of nitrogens with zero attached hydrogens (tertiary/aromatic N) is 2. The highest BCUT2D eigenvalue weighted by atomic mass is 16.3. The lowest BCUT2D eigenvalue weighted by Gasteiger charge is -2.19. The third-order valence-corrected chi connectivity index (χ3v) is 6.53. The molecule has 6 rings (SSSR count). The van der Waals surface area contributed by atoms with Gasteiger partial charge in [0.15, 0.2) is 5.58 Å². The third-order valence-electron chi connectivity index (χ3n) is 6.53. The highest BCUT2D eigenvalue weighted by Gasteiger charge is 2.20. The first-order valence-corrected chi connectivity index (χ1v) is 11.7. The van der Waals surface area contributed by atoms with E-state index in [-0.39, 0.29) is 5.41 Å². The summed E-state index contributed by atoms with van der Waals surface area (Å²) in [5.41, 5.74) is 8.24. The maximum absolute atomic E-state index is 5.88. The number of aromatic nitrogens is 2. The first kappa shape index (κ1) is 20.6. The van der Waals surface area contributed by atoms with E-state index in [1.807, 2.05) is 18.3 Å². The number of hydrogen-bond acceptors (Lipinski definition) is 3. The van der Waals surface area contributed by atoms with Gasteiger partial charge >= 0.3 is 0 Å². The Kier molecular flexibility index (Phi) is 4.56. The van der Waals surface area contributed by atoms with Crippen molar-refractivity contribution in [3.63, 3.8) is 0 Å². The molecule has 0 N–H and O–H groups in total. The zero-order chi connectivity index (χ0) is 23.4. The fraction of sp³-hybridized carbons (Fsp3) is 0.161. The van der Waals surface area contributed by atoms with Gasteiger partial charge < -0.3 is 4.42 Å². The minimum Gasteiger partial charge on any atom is -0.462 e. The van der Waals surface area contributed by atoms with Crippen molar-refractivity contribution in [3.05, 3.63) is 96.5 Å². The Morgan fingerprint density at radius 1 is 0.765 bits per heavy atom. The maximum atomic E-state index is 5.88. The van der Waals surface area contributed by atoms with Crippen molar-refractivity contribution in [1.82, 2.24) is 9.97 Å². The van der Waals surface area contributed by atoms with Gasteiger partial charge in [-0.1, -0.05) is 68.8 Å². The summed E-state index contributed by atoms with van der Waals surface area (Å²) in [5.74, 6) is 0. The fourth-order valence-electron chi connectivity index (χ4n) is 4.71. The lowest BCUT2D eigenvalue weighted by Crippen LogP contribution is -2.13. The van der Waals surface area contributed by atoms with E-state index in [1.165, 1.54) is 16.3 Å². The molecule has 3 aromatic carbocycles. The van der Waals surface area contributed by atoms with Gasteiger partial charge in [0.25, 0.3) is 0 Å². The quantitative estimate of drug-likeness (QED) is 0.270. The van der Waals surface area contributed by atoms with Crippen LogP contribution in [0.4, 0.5) is 0 Å². The molecule has 0 aliphatic carbocycles. The van der Waals surface area contributed by atoms with E-state index < -0.39 is 0 Å². The molecule has 0 saturated heterocycles. The number of aryl methyl sites for hydroxylation is 1. The third kappa shape index (κ3) is 3.36. The van der Waals surface area contributed by atoms with Gasteiger partial charge in [0.05, 0.1) is 12.0 Å². The van der Waals surface area contributed by atoms with E-state index in [1.54, 1.807) is 6.26 Å². The molecule has 0 spiro atoms. The van der Waals surface area contributed by atoms with Gasteiger partial charge in [0.2, 0.25) is 0 Å². The molecule has 0 aliphatic heterocycles. The molecule has 0 saturated carbocycles. The molecule has 0 radical (unpaired) electrons. The first-order chi connectivity index (χ1) is 16.4. The zero-order valence-electron chi connectivity index (χ0n) is 19.9. The standard InChI is InChI=1S/C31H26N2O/c1-19-7-8-21-17-22(10-9-20(21)16-19)24-6-5-14-32-28(24)26-18-23-13-15-34-30(23)29-25(26)11-12-27(33-29)31(2,3)4/h5-18H,1-4H3.